The predicted molar refractivity (Wildman–Crippen MR) is 76.4 cm³/mol. The highest BCUT2D eigenvalue weighted by molar-refractivity contribution is 6.16. The van der Waals surface area contributed by atoms with Crippen LogP contribution in [0.2, 0.25) is 0 Å². The average Bonchev–Trinajstić information content (AvgIpc) is 2.84. The van der Waals surface area contributed by atoms with E-state index >= 15 is 0 Å². The van der Waals surface area contributed by atoms with Gasteiger partial charge < -0.3 is 20.9 Å². The van der Waals surface area contributed by atoms with E-state index in [1.54, 1.807) is 12.1 Å². The van der Waals surface area contributed by atoms with Gasteiger partial charge in [-0.1, -0.05) is 24.3 Å². The Morgan fingerprint density at radius 1 is 1.25 bits per heavy atom. The molecule has 3 aromatic rings. The zero-order valence-corrected chi connectivity index (χ0v) is 10.6. The quantitative estimate of drug-likeness (QED) is 0.579. The lowest BCUT2D eigenvalue weighted by atomic mass is 9.99. The Kier molecular flexibility index (Phi) is 2.93. The van der Waals surface area contributed by atoms with Crippen LogP contribution in [0.25, 0.3) is 21.8 Å². The molecular formula is C15H14N2O3. The molecule has 0 aliphatic carbocycles. The highest BCUT2D eigenvalue weighted by Gasteiger charge is 2.18. The zero-order valence-electron chi connectivity index (χ0n) is 10.6. The van der Waals surface area contributed by atoms with Crippen molar-refractivity contribution in [2.24, 2.45) is 5.73 Å². The number of aromatic nitrogens is 1. The van der Waals surface area contributed by atoms with Crippen LogP contribution in [0.1, 0.15) is 22.0 Å². The lowest BCUT2D eigenvalue weighted by Crippen LogP contribution is -2.12. The maximum absolute atomic E-state index is 11.5. The van der Waals surface area contributed by atoms with Crippen molar-refractivity contribution in [3.05, 3.63) is 47.5 Å². The van der Waals surface area contributed by atoms with Crippen molar-refractivity contribution in [1.29, 1.82) is 0 Å². The third-order valence-electron chi connectivity index (χ3n) is 3.49. The molecule has 0 aliphatic heterocycles. The third-order valence-corrected chi connectivity index (χ3v) is 3.49. The Hall–Kier alpha value is -2.37. The van der Waals surface area contributed by atoms with E-state index in [9.17, 15) is 15.0 Å². The minimum Gasteiger partial charge on any atom is -0.393 e. The lowest BCUT2D eigenvalue weighted by Gasteiger charge is -2.11. The molecule has 0 aliphatic rings. The van der Waals surface area contributed by atoms with E-state index in [1.165, 1.54) is 0 Å². The van der Waals surface area contributed by atoms with E-state index in [4.69, 9.17) is 5.73 Å². The van der Waals surface area contributed by atoms with Crippen LogP contribution in [0, 0.1) is 0 Å². The van der Waals surface area contributed by atoms with Crippen molar-refractivity contribution in [3.8, 4) is 0 Å². The fraction of sp³-hybridized carbons (Fsp3) is 0.133. The van der Waals surface area contributed by atoms with Gasteiger partial charge in [0.25, 0.3) is 5.91 Å². The van der Waals surface area contributed by atoms with Gasteiger partial charge in [-0.25, -0.2) is 0 Å². The number of fused-ring (bicyclic) bond motifs is 3. The van der Waals surface area contributed by atoms with Crippen molar-refractivity contribution in [1.82, 2.24) is 4.98 Å². The number of carbonyl (C=O) groups excluding carboxylic acids is 1. The number of aromatic amines is 1. The van der Waals surface area contributed by atoms with Gasteiger partial charge in [-0.2, -0.15) is 0 Å². The monoisotopic (exact) mass is 270 g/mol. The van der Waals surface area contributed by atoms with E-state index in [1.807, 2.05) is 24.3 Å². The summed E-state index contributed by atoms with van der Waals surface area (Å²) in [6.07, 6.45) is -1.00. The molecule has 1 unspecified atom stereocenters. The molecule has 5 N–H and O–H groups in total. The van der Waals surface area contributed by atoms with Gasteiger partial charge in [0.1, 0.15) is 6.10 Å². The molecule has 5 heteroatoms. The number of benzene rings is 2. The minimum absolute atomic E-state index is 0.366. The number of carbonyl (C=O) groups is 1. The van der Waals surface area contributed by atoms with Gasteiger partial charge in [0.05, 0.1) is 17.7 Å². The number of nitrogens with two attached hydrogens (primary N) is 1. The van der Waals surface area contributed by atoms with E-state index in [0.29, 0.717) is 16.6 Å². The van der Waals surface area contributed by atoms with E-state index in [0.717, 1.165) is 16.3 Å². The molecule has 5 nitrogen and oxygen atoms in total. The standard InChI is InChI=1S/C15H14N2O3/c16-15(20)10-6-5-9(12(19)7-18)13-8-3-1-2-4-11(8)17-14(10)13/h1-6,12,17-19H,7H2,(H2,16,20). The molecule has 0 radical (unpaired) electrons. The van der Waals surface area contributed by atoms with Crippen LogP contribution in [0.5, 0.6) is 0 Å². The Labute approximate surface area is 114 Å². The summed E-state index contributed by atoms with van der Waals surface area (Å²) < 4.78 is 0. The maximum atomic E-state index is 11.5. The van der Waals surface area contributed by atoms with Crippen molar-refractivity contribution in [3.63, 3.8) is 0 Å². The van der Waals surface area contributed by atoms with Gasteiger partial charge in [0.2, 0.25) is 0 Å². The summed E-state index contributed by atoms with van der Waals surface area (Å²) in [6, 6.07) is 10.7. The zero-order chi connectivity index (χ0) is 14.3. The van der Waals surface area contributed by atoms with Crippen LogP contribution in [0.3, 0.4) is 0 Å². The second-order valence-corrected chi connectivity index (χ2v) is 4.69. The van der Waals surface area contributed by atoms with Gasteiger partial charge >= 0.3 is 0 Å². The Morgan fingerprint density at radius 3 is 2.70 bits per heavy atom. The van der Waals surface area contributed by atoms with E-state index in [-0.39, 0.29) is 6.61 Å². The molecule has 1 amide bonds. The Bertz CT molecular complexity index is 807. The molecule has 20 heavy (non-hydrogen) atoms. The molecule has 1 aromatic heterocycles. The van der Waals surface area contributed by atoms with E-state index < -0.39 is 12.0 Å². The average molecular weight is 270 g/mol. The number of amides is 1. The summed E-state index contributed by atoms with van der Waals surface area (Å²) in [5.41, 5.74) is 7.77. The van der Waals surface area contributed by atoms with E-state index in [2.05, 4.69) is 4.98 Å². The molecule has 2 aromatic carbocycles. The number of nitrogens with one attached hydrogen (secondary N) is 1. The normalized spacial score (nSPS) is 12.9. The maximum Gasteiger partial charge on any atom is 0.250 e. The summed E-state index contributed by atoms with van der Waals surface area (Å²) in [5, 5.41) is 20.7. The Morgan fingerprint density at radius 2 is 2.00 bits per heavy atom. The number of aliphatic hydroxyl groups is 2. The highest BCUT2D eigenvalue weighted by Crippen LogP contribution is 2.33. The number of para-hydroxylation sites is 1. The first-order valence-corrected chi connectivity index (χ1v) is 6.25. The third kappa shape index (κ3) is 1.76. The summed E-state index contributed by atoms with van der Waals surface area (Å²) in [5.74, 6) is -0.536. The molecule has 1 atom stereocenters. The number of hydrogen-bond donors (Lipinski definition) is 4. The second-order valence-electron chi connectivity index (χ2n) is 4.69. The molecule has 0 saturated heterocycles. The molecule has 0 saturated carbocycles. The lowest BCUT2D eigenvalue weighted by molar-refractivity contribution is 0.0965. The molecule has 3 rings (SSSR count). The molecule has 0 fully saturated rings. The molecule has 0 bridgehead atoms. The highest BCUT2D eigenvalue weighted by atomic mass is 16.3. The second kappa shape index (κ2) is 4.63. The summed E-state index contributed by atoms with van der Waals surface area (Å²) in [6.45, 7) is -0.384. The first-order valence-electron chi connectivity index (χ1n) is 6.25. The number of primary amides is 1. The summed E-state index contributed by atoms with van der Waals surface area (Å²) in [7, 11) is 0. The van der Waals surface area contributed by atoms with Gasteiger partial charge in [-0.15, -0.1) is 0 Å². The van der Waals surface area contributed by atoms with Crippen LogP contribution in [-0.2, 0) is 0 Å². The topological polar surface area (TPSA) is 99.3 Å². The molecule has 0 spiro atoms. The SMILES string of the molecule is NC(=O)c1ccc(C(O)CO)c2c1[nH]c1ccccc12. The van der Waals surface area contributed by atoms with Crippen LogP contribution in [-0.4, -0.2) is 27.7 Å². The fourth-order valence-electron chi connectivity index (χ4n) is 2.56. The number of rotatable bonds is 3. The van der Waals surface area contributed by atoms with Crippen LogP contribution in [0.15, 0.2) is 36.4 Å². The van der Waals surface area contributed by atoms with Crippen LogP contribution < -0.4 is 5.73 Å². The number of hydrogen-bond acceptors (Lipinski definition) is 3. The smallest absolute Gasteiger partial charge is 0.250 e. The van der Waals surface area contributed by atoms with Crippen LogP contribution in [0.4, 0.5) is 0 Å². The molecule has 1 heterocycles. The van der Waals surface area contributed by atoms with Crippen LogP contribution >= 0.6 is 0 Å². The summed E-state index contributed by atoms with van der Waals surface area (Å²) >= 11 is 0. The first-order chi connectivity index (χ1) is 9.63. The number of aliphatic hydroxyl groups excluding tert-OH is 2. The number of H-pyrrole nitrogens is 1. The predicted octanol–water partition coefficient (Wildman–Crippen LogP) is 1.45. The molecule has 102 valence electrons. The Balaban J connectivity index is 2.48. The van der Waals surface area contributed by atoms with Gasteiger partial charge in [-0.05, 0) is 17.7 Å². The fourth-order valence-corrected chi connectivity index (χ4v) is 2.56. The first kappa shape index (κ1) is 12.7. The van der Waals surface area contributed by atoms with Gasteiger partial charge in [0.15, 0.2) is 0 Å². The van der Waals surface area contributed by atoms with Gasteiger partial charge in [0, 0.05) is 16.3 Å². The summed E-state index contributed by atoms with van der Waals surface area (Å²) in [4.78, 5) is 14.7. The van der Waals surface area contributed by atoms with Crippen molar-refractivity contribution < 1.29 is 15.0 Å². The largest absolute Gasteiger partial charge is 0.393 e. The van der Waals surface area contributed by atoms with Crippen molar-refractivity contribution in [2.45, 2.75) is 6.10 Å². The van der Waals surface area contributed by atoms with Crippen molar-refractivity contribution in [2.75, 3.05) is 6.61 Å². The minimum atomic E-state index is -1.00. The van der Waals surface area contributed by atoms with Crippen molar-refractivity contribution >= 4 is 27.7 Å². The van der Waals surface area contributed by atoms with Gasteiger partial charge in [-0.3, -0.25) is 4.79 Å². The molecular weight excluding hydrogens is 256 g/mol.